The summed E-state index contributed by atoms with van der Waals surface area (Å²) in [6, 6.07) is 2.20. The Morgan fingerprint density at radius 1 is 1.37 bits per heavy atom. The number of hydrogen-bond donors (Lipinski definition) is 0. The Labute approximate surface area is 118 Å². The zero-order chi connectivity index (χ0) is 13.8. The van der Waals surface area contributed by atoms with E-state index in [2.05, 4.69) is 23.8 Å². The number of nitrogens with zero attached hydrogens (tertiary/aromatic N) is 4. The van der Waals surface area contributed by atoms with Gasteiger partial charge in [-0.2, -0.15) is 0 Å². The van der Waals surface area contributed by atoms with E-state index >= 15 is 0 Å². The highest BCUT2D eigenvalue weighted by molar-refractivity contribution is 6.28. The molecule has 1 aromatic heterocycles. The molecule has 6 heteroatoms. The fourth-order valence-corrected chi connectivity index (χ4v) is 2.11. The average Bonchev–Trinajstić information content (AvgIpc) is 3.14. The van der Waals surface area contributed by atoms with Crippen LogP contribution in [0.25, 0.3) is 0 Å². The van der Waals surface area contributed by atoms with E-state index in [1.54, 1.807) is 17.2 Å². The topological polar surface area (TPSA) is 49.3 Å². The van der Waals surface area contributed by atoms with Gasteiger partial charge in [-0.15, -0.1) is 0 Å². The molecule has 2 fully saturated rings. The van der Waals surface area contributed by atoms with Gasteiger partial charge < -0.3 is 4.90 Å². The Bertz CT molecular complexity index is 450. The number of aromatic nitrogens is 2. The summed E-state index contributed by atoms with van der Waals surface area (Å²) in [5.41, 5.74) is 0. The number of hydrogen-bond acceptors (Lipinski definition) is 3. The van der Waals surface area contributed by atoms with E-state index in [1.165, 1.54) is 6.42 Å². The minimum Gasteiger partial charge on any atom is -0.320 e. The van der Waals surface area contributed by atoms with Crippen LogP contribution < -0.4 is 4.90 Å². The van der Waals surface area contributed by atoms with Crippen molar-refractivity contribution >= 4 is 23.4 Å². The summed E-state index contributed by atoms with van der Waals surface area (Å²) in [7, 11) is 0. The maximum atomic E-state index is 12.0. The maximum Gasteiger partial charge on any atom is 0.326 e. The highest BCUT2D eigenvalue weighted by Gasteiger charge is 2.39. The van der Waals surface area contributed by atoms with Crippen LogP contribution in [0.1, 0.15) is 33.1 Å². The lowest BCUT2D eigenvalue weighted by atomic mass is 10.5. The van der Waals surface area contributed by atoms with E-state index in [-0.39, 0.29) is 11.3 Å². The molecule has 0 aromatic carbocycles. The van der Waals surface area contributed by atoms with Crippen molar-refractivity contribution in [2.75, 3.05) is 18.0 Å². The van der Waals surface area contributed by atoms with E-state index < -0.39 is 0 Å². The fraction of sp³-hybridized carbons (Fsp3) is 0.615. The van der Waals surface area contributed by atoms with Crippen LogP contribution in [0.5, 0.6) is 0 Å². The lowest BCUT2D eigenvalue weighted by molar-refractivity contribution is 0.218. The molecular formula is C13H19ClN4O. The van der Waals surface area contributed by atoms with Crippen LogP contribution in [-0.4, -0.2) is 40.0 Å². The number of halogens is 1. The predicted octanol–water partition coefficient (Wildman–Crippen LogP) is 2.95. The molecule has 0 spiro atoms. The molecule has 1 saturated carbocycles. The van der Waals surface area contributed by atoms with Gasteiger partial charge in [-0.1, -0.05) is 20.3 Å². The van der Waals surface area contributed by atoms with Gasteiger partial charge in [0.2, 0.25) is 5.28 Å². The lowest BCUT2D eigenvalue weighted by Gasteiger charge is -2.17. The van der Waals surface area contributed by atoms with Crippen molar-refractivity contribution in [3.63, 3.8) is 0 Å². The average molecular weight is 283 g/mol. The number of anilines is 1. The van der Waals surface area contributed by atoms with E-state index in [4.69, 9.17) is 11.6 Å². The van der Waals surface area contributed by atoms with E-state index in [0.29, 0.717) is 18.4 Å². The summed E-state index contributed by atoms with van der Waals surface area (Å²) in [4.78, 5) is 23.5. The molecule has 104 valence electrons. The second kappa shape index (κ2) is 6.19. The highest BCUT2D eigenvalue weighted by atomic mass is 35.5. The van der Waals surface area contributed by atoms with Crippen LogP contribution in [0, 0.1) is 0 Å². The monoisotopic (exact) mass is 282 g/mol. The first kappa shape index (κ1) is 14.1. The van der Waals surface area contributed by atoms with Gasteiger partial charge in [0, 0.05) is 25.3 Å². The standard InChI is InChI=1S/C10H11ClN4O.C3H8/c11-9-12-4-3-8(13-9)15-6-5-14(10(15)16)7-1-2-7;1-3-2/h3-4,7H,1-2,5-6H2;3H2,1-2H3. The molecule has 1 aliphatic heterocycles. The van der Waals surface area contributed by atoms with Gasteiger partial charge in [-0.25, -0.2) is 14.8 Å². The van der Waals surface area contributed by atoms with Gasteiger partial charge in [-0.05, 0) is 30.5 Å². The van der Waals surface area contributed by atoms with Crippen LogP contribution >= 0.6 is 11.6 Å². The first-order valence-electron chi connectivity index (χ1n) is 6.74. The molecular weight excluding hydrogens is 264 g/mol. The number of carbonyl (C=O) groups excluding carboxylic acids is 1. The summed E-state index contributed by atoms with van der Waals surface area (Å²) >= 11 is 5.71. The molecule has 2 heterocycles. The summed E-state index contributed by atoms with van der Waals surface area (Å²) in [5, 5.41) is 0.176. The number of urea groups is 1. The normalized spacial score (nSPS) is 18.4. The van der Waals surface area contributed by atoms with Crippen molar-refractivity contribution in [2.24, 2.45) is 0 Å². The van der Waals surface area contributed by atoms with Gasteiger partial charge in [-0.3, -0.25) is 4.90 Å². The molecule has 5 nitrogen and oxygen atoms in total. The van der Waals surface area contributed by atoms with Crippen LogP contribution in [0.4, 0.5) is 10.6 Å². The third-order valence-electron chi connectivity index (χ3n) is 2.92. The van der Waals surface area contributed by atoms with Crippen LogP contribution in [0.2, 0.25) is 5.28 Å². The van der Waals surface area contributed by atoms with E-state index in [1.807, 2.05) is 4.90 Å². The Balaban J connectivity index is 0.000000408. The van der Waals surface area contributed by atoms with Crippen LogP contribution in [0.15, 0.2) is 12.3 Å². The molecule has 2 aliphatic rings. The predicted molar refractivity (Wildman–Crippen MR) is 75.5 cm³/mol. The van der Waals surface area contributed by atoms with Gasteiger partial charge in [0.15, 0.2) is 0 Å². The molecule has 3 rings (SSSR count). The summed E-state index contributed by atoms with van der Waals surface area (Å²) < 4.78 is 0. The fourth-order valence-electron chi connectivity index (χ4n) is 1.97. The number of carbonyl (C=O) groups is 1. The molecule has 1 aromatic rings. The second-order valence-corrected chi connectivity index (χ2v) is 5.09. The third-order valence-corrected chi connectivity index (χ3v) is 3.10. The molecule has 0 atom stereocenters. The minimum absolute atomic E-state index is 0.0391. The van der Waals surface area contributed by atoms with Gasteiger partial charge >= 0.3 is 6.03 Å². The maximum absolute atomic E-state index is 12.0. The van der Waals surface area contributed by atoms with Crippen molar-refractivity contribution in [3.05, 3.63) is 17.5 Å². The van der Waals surface area contributed by atoms with Crippen molar-refractivity contribution in [2.45, 2.75) is 39.2 Å². The molecule has 1 aliphatic carbocycles. The summed E-state index contributed by atoms with van der Waals surface area (Å²) in [6.07, 6.45) is 5.08. The molecule has 2 amide bonds. The third kappa shape index (κ3) is 3.35. The Hall–Kier alpha value is -1.36. The van der Waals surface area contributed by atoms with Gasteiger partial charge in [0.1, 0.15) is 5.82 Å². The van der Waals surface area contributed by atoms with E-state index in [0.717, 1.165) is 19.4 Å². The summed E-state index contributed by atoms with van der Waals surface area (Å²) in [6.45, 7) is 5.72. The van der Waals surface area contributed by atoms with Crippen LogP contribution in [0.3, 0.4) is 0 Å². The molecule has 0 bridgehead atoms. The quantitative estimate of drug-likeness (QED) is 0.784. The molecule has 0 N–H and O–H groups in total. The van der Waals surface area contributed by atoms with E-state index in [9.17, 15) is 4.79 Å². The van der Waals surface area contributed by atoms with Gasteiger partial charge in [0.05, 0.1) is 0 Å². The van der Waals surface area contributed by atoms with Gasteiger partial charge in [0.25, 0.3) is 0 Å². The first-order valence-corrected chi connectivity index (χ1v) is 7.11. The number of amides is 2. The number of rotatable bonds is 2. The Morgan fingerprint density at radius 3 is 2.63 bits per heavy atom. The zero-order valence-corrected chi connectivity index (χ0v) is 12.1. The largest absolute Gasteiger partial charge is 0.326 e. The summed E-state index contributed by atoms with van der Waals surface area (Å²) in [5.74, 6) is 0.591. The SMILES string of the molecule is CCC.O=C1N(c2ccnc(Cl)n2)CCN1C1CC1. The Kier molecular flexibility index (Phi) is 4.58. The van der Waals surface area contributed by atoms with Crippen molar-refractivity contribution in [1.82, 2.24) is 14.9 Å². The molecule has 0 radical (unpaired) electrons. The zero-order valence-electron chi connectivity index (χ0n) is 11.3. The Morgan fingerprint density at radius 2 is 2.05 bits per heavy atom. The first-order chi connectivity index (χ1) is 9.17. The van der Waals surface area contributed by atoms with Crippen LogP contribution in [-0.2, 0) is 0 Å². The minimum atomic E-state index is 0.0391. The smallest absolute Gasteiger partial charge is 0.320 e. The molecule has 1 saturated heterocycles. The highest BCUT2D eigenvalue weighted by Crippen LogP contribution is 2.31. The van der Waals surface area contributed by atoms with Crippen molar-refractivity contribution < 1.29 is 4.79 Å². The lowest BCUT2D eigenvalue weighted by Crippen LogP contribution is -2.33. The molecule has 0 unspecified atom stereocenters. The van der Waals surface area contributed by atoms with Crippen molar-refractivity contribution in [1.29, 1.82) is 0 Å². The van der Waals surface area contributed by atoms with Crippen molar-refractivity contribution in [3.8, 4) is 0 Å². The second-order valence-electron chi connectivity index (χ2n) is 4.75. The molecule has 19 heavy (non-hydrogen) atoms.